The van der Waals surface area contributed by atoms with Crippen LogP contribution in [0.2, 0.25) is 0 Å². The van der Waals surface area contributed by atoms with E-state index in [4.69, 9.17) is 0 Å². The number of hydrogen-bond acceptors (Lipinski definition) is 2. The number of aliphatic imine (C=N–C) groups is 1. The average Bonchev–Trinajstić information content (AvgIpc) is 2.92. The van der Waals surface area contributed by atoms with E-state index >= 15 is 0 Å². The summed E-state index contributed by atoms with van der Waals surface area (Å²) >= 11 is 0. The van der Waals surface area contributed by atoms with Crippen molar-refractivity contribution in [2.24, 2.45) is 12.0 Å². The van der Waals surface area contributed by atoms with Crippen LogP contribution >= 0.6 is 0 Å². The predicted molar refractivity (Wildman–Crippen MR) is 86.3 cm³/mol. The number of alkyl halides is 3. The molecule has 136 valence electrons. The Labute approximate surface area is 142 Å². The number of aromatic nitrogens is 2. The summed E-state index contributed by atoms with van der Waals surface area (Å²) in [7, 11) is 1.42. The van der Waals surface area contributed by atoms with Crippen LogP contribution in [0.25, 0.3) is 0 Å². The molecular weight excluding hydrogens is 338 g/mol. The van der Waals surface area contributed by atoms with Gasteiger partial charge in [0.25, 0.3) is 0 Å². The van der Waals surface area contributed by atoms with Crippen molar-refractivity contribution in [1.82, 2.24) is 20.4 Å². The monoisotopic (exact) mass is 357 g/mol. The van der Waals surface area contributed by atoms with Gasteiger partial charge in [-0.15, -0.1) is 0 Å². The quantitative estimate of drug-likeness (QED) is 0.492. The van der Waals surface area contributed by atoms with E-state index in [1.807, 2.05) is 6.92 Å². The van der Waals surface area contributed by atoms with Gasteiger partial charge in [-0.25, -0.2) is 9.38 Å². The minimum Gasteiger partial charge on any atom is -0.357 e. The molecule has 1 heterocycles. The minimum atomic E-state index is -4.54. The molecule has 0 radical (unpaired) electrons. The third kappa shape index (κ3) is 5.20. The van der Waals surface area contributed by atoms with Gasteiger partial charge in [0, 0.05) is 37.5 Å². The van der Waals surface area contributed by atoms with E-state index in [0.717, 1.165) is 4.68 Å². The minimum absolute atomic E-state index is 0.0295. The molecule has 0 aliphatic rings. The highest BCUT2D eigenvalue weighted by molar-refractivity contribution is 5.79. The van der Waals surface area contributed by atoms with E-state index in [2.05, 4.69) is 20.7 Å². The molecule has 0 bridgehead atoms. The lowest BCUT2D eigenvalue weighted by atomic mass is 10.2. The Kier molecular flexibility index (Phi) is 6.00. The van der Waals surface area contributed by atoms with Gasteiger partial charge in [-0.1, -0.05) is 18.2 Å². The highest BCUT2D eigenvalue weighted by atomic mass is 19.4. The Balaban J connectivity index is 2.11. The maximum absolute atomic E-state index is 13.6. The molecule has 0 atom stereocenters. The molecule has 5 nitrogen and oxygen atoms in total. The van der Waals surface area contributed by atoms with Gasteiger partial charge in [0.05, 0.1) is 6.54 Å². The van der Waals surface area contributed by atoms with Crippen molar-refractivity contribution in [3.63, 3.8) is 0 Å². The van der Waals surface area contributed by atoms with Crippen molar-refractivity contribution < 1.29 is 17.6 Å². The third-order valence-electron chi connectivity index (χ3n) is 3.33. The van der Waals surface area contributed by atoms with E-state index in [9.17, 15) is 17.6 Å². The van der Waals surface area contributed by atoms with Crippen LogP contribution in [0, 0.1) is 5.82 Å². The Hall–Kier alpha value is -2.58. The second-order valence-corrected chi connectivity index (χ2v) is 5.31. The number of nitrogens with zero attached hydrogens (tertiary/aromatic N) is 3. The van der Waals surface area contributed by atoms with Crippen molar-refractivity contribution >= 4 is 5.96 Å². The van der Waals surface area contributed by atoms with Gasteiger partial charge in [-0.3, -0.25) is 4.68 Å². The topological polar surface area (TPSA) is 54.2 Å². The maximum atomic E-state index is 13.6. The van der Waals surface area contributed by atoms with Crippen molar-refractivity contribution in [1.29, 1.82) is 0 Å². The van der Waals surface area contributed by atoms with Crippen molar-refractivity contribution in [2.75, 3.05) is 6.54 Å². The first-order valence-electron chi connectivity index (χ1n) is 7.66. The molecule has 0 aliphatic heterocycles. The molecule has 0 saturated carbocycles. The molecule has 0 spiro atoms. The molecule has 0 amide bonds. The number of hydrogen-bond donors (Lipinski definition) is 2. The van der Waals surface area contributed by atoms with Gasteiger partial charge in [-0.2, -0.15) is 18.3 Å². The number of benzene rings is 1. The highest BCUT2D eigenvalue weighted by Gasteiger charge is 2.36. The number of rotatable bonds is 5. The normalized spacial score (nSPS) is 12.3. The second-order valence-electron chi connectivity index (χ2n) is 5.31. The maximum Gasteiger partial charge on any atom is 0.435 e. The number of halogens is 4. The Bertz CT molecular complexity index is 736. The smallest absolute Gasteiger partial charge is 0.357 e. The summed E-state index contributed by atoms with van der Waals surface area (Å²) in [5, 5.41) is 9.26. The van der Waals surface area contributed by atoms with Crippen molar-refractivity contribution in [3.8, 4) is 0 Å². The van der Waals surface area contributed by atoms with Crippen molar-refractivity contribution in [2.45, 2.75) is 26.2 Å². The zero-order valence-electron chi connectivity index (χ0n) is 13.9. The zero-order valence-corrected chi connectivity index (χ0v) is 13.9. The van der Waals surface area contributed by atoms with Gasteiger partial charge in [0.1, 0.15) is 5.82 Å². The largest absolute Gasteiger partial charge is 0.435 e. The van der Waals surface area contributed by atoms with Crippen LogP contribution in [0.5, 0.6) is 0 Å². The molecule has 9 heteroatoms. The molecule has 0 fully saturated rings. The molecule has 2 N–H and O–H groups in total. The highest BCUT2D eigenvalue weighted by Crippen LogP contribution is 2.30. The van der Waals surface area contributed by atoms with Gasteiger partial charge in [0.2, 0.25) is 0 Å². The first kappa shape index (κ1) is 18.8. The molecule has 1 aromatic heterocycles. The number of guanidine groups is 1. The van der Waals surface area contributed by atoms with E-state index in [1.54, 1.807) is 18.2 Å². The fourth-order valence-corrected chi connectivity index (χ4v) is 2.22. The first-order chi connectivity index (χ1) is 11.8. The average molecular weight is 357 g/mol. The zero-order chi connectivity index (χ0) is 18.4. The molecule has 2 rings (SSSR count). The summed E-state index contributed by atoms with van der Waals surface area (Å²) in [6, 6.07) is 6.25. The lowest BCUT2D eigenvalue weighted by molar-refractivity contribution is -0.142. The van der Waals surface area contributed by atoms with Crippen LogP contribution in [-0.2, 0) is 26.3 Å². The predicted octanol–water partition coefficient (Wildman–Crippen LogP) is 2.83. The summed E-state index contributed by atoms with van der Waals surface area (Å²) in [6.07, 6.45) is -3.25. The van der Waals surface area contributed by atoms with Gasteiger partial charge in [0.15, 0.2) is 11.7 Å². The van der Waals surface area contributed by atoms with Crippen LogP contribution in [0.1, 0.15) is 23.7 Å². The molecule has 1 aromatic carbocycles. The summed E-state index contributed by atoms with van der Waals surface area (Å²) in [5.74, 6) is -0.0693. The Morgan fingerprint density at radius 2 is 1.92 bits per heavy atom. The van der Waals surface area contributed by atoms with Crippen LogP contribution in [0.4, 0.5) is 17.6 Å². The molecule has 0 unspecified atom stereocenters. The number of aryl methyl sites for hydroxylation is 1. The van der Waals surface area contributed by atoms with Crippen LogP contribution in [0.3, 0.4) is 0 Å². The summed E-state index contributed by atoms with van der Waals surface area (Å²) < 4.78 is 53.6. The lowest BCUT2D eigenvalue weighted by Crippen LogP contribution is -2.37. The fraction of sp³-hybridized carbons (Fsp3) is 0.375. The van der Waals surface area contributed by atoms with Crippen molar-refractivity contribution in [3.05, 3.63) is 53.1 Å². The lowest BCUT2D eigenvalue weighted by Gasteiger charge is -2.12. The van der Waals surface area contributed by atoms with E-state index in [1.165, 1.54) is 19.3 Å². The second kappa shape index (κ2) is 8.00. The standard InChI is InChI=1S/C16H19F4N5/c1-3-21-15(22-8-11-6-4-5-7-13(11)17)23-9-12-10-25(2)24-14(12)16(18,19)20/h4-7,10H,3,8-9H2,1-2H3,(H2,21,22,23). The van der Waals surface area contributed by atoms with Crippen LogP contribution < -0.4 is 10.6 Å². The van der Waals surface area contributed by atoms with Gasteiger partial charge >= 0.3 is 6.18 Å². The van der Waals surface area contributed by atoms with Crippen LogP contribution in [0.15, 0.2) is 35.5 Å². The molecule has 0 saturated heterocycles. The first-order valence-corrected chi connectivity index (χ1v) is 7.66. The molecular formula is C16H19F4N5. The van der Waals surface area contributed by atoms with E-state index in [0.29, 0.717) is 18.1 Å². The molecule has 0 aliphatic carbocycles. The number of nitrogens with one attached hydrogen (secondary N) is 2. The molecule has 25 heavy (non-hydrogen) atoms. The van der Waals surface area contributed by atoms with E-state index in [-0.39, 0.29) is 24.5 Å². The van der Waals surface area contributed by atoms with E-state index < -0.39 is 11.9 Å². The summed E-state index contributed by atoms with van der Waals surface area (Å²) in [5.41, 5.74) is -0.549. The summed E-state index contributed by atoms with van der Waals surface area (Å²) in [4.78, 5) is 4.13. The Morgan fingerprint density at radius 1 is 1.20 bits per heavy atom. The summed E-state index contributed by atoms with van der Waals surface area (Å²) in [6.45, 7) is 2.31. The fourth-order valence-electron chi connectivity index (χ4n) is 2.22. The molecule has 2 aromatic rings. The third-order valence-corrected chi connectivity index (χ3v) is 3.33. The van der Waals surface area contributed by atoms with Gasteiger partial charge < -0.3 is 10.6 Å². The Morgan fingerprint density at radius 3 is 2.56 bits per heavy atom. The SMILES string of the molecule is CCNC(=NCc1cn(C)nc1C(F)(F)F)NCc1ccccc1F. The van der Waals surface area contributed by atoms with Crippen LogP contribution in [-0.4, -0.2) is 22.3 Å². The van der Waals surface area contributed by atoms with Gasteiger partial charge in [-0.05, 0) is 13.0 Å².